The molecule has 12 heteroatoms. The van der Waals surface area contributed by atoms with Crippen molar-refractivity contribution in [2.45, 2.75) is 0 Å². The maximum Gasteiger partial charge on any atom is 0.446 e. The Morgan fingerprint density at radius 3 is 1.11 bits per heavy atom. The highest BCUT2D eigenvalue weighted by molar-refractivity contribution is 7.81. The molecule has 0 atom stereocenters. The average molecular weight is 688 g/mol. The Kier molecular flexibility index (Phi) is 5.51. The van der Waals surface area contributed by atoms with E-state index in [0.717, 1.165) is 32.3 Å². The predicted molar refractivity (Wildman–Crippen MR) is 183 cm³/mol. The van der Waals surface area contributed by atoms with Crippen LogP contribution in [-0.2, 0) is 20.8 Å². The number of hydrogen-bond acceptors (Lipinski definition) is 6. The average Bonchev–Trinajstić information content (AvgIpc) is 3.00. The van der Waals surface area contributed by atoms with Crippen molar-refractivity contribution in [1.29, 1.82) is 0 Å². The second-order valence-electron chi connectivity index (χ2n) is 11.2. The van der Waals surface area contributed by atoms with Gasteiger partial charge in [-0.3, -0.25) is 9.11 Å². The zero-order chi connectivity index (χ0) is 31.9. The molecule has 226 valence electrons. The monoisotopic (exact) mass is 686 g/mol. The van der Waals surface area contributed by atoms with Crippen LogP contribution in [0.3, 0.4) is 0 Å². The van der Waals surface area contributed by atoms with Crippen molar-refractivity contribution < 1.29 is 34.3 Å². The zero-order valence-electron chi connectivity index (χ0n) is 23.0. The molecular weight excluding hydrogens is 671 g/mol. The van der Waals surface area contributed by atoms with Crippen molar-refractivity contribution >= 4 is 130 Å². The molecule has 0 saturated heterocycles. The summed E-state index contributed by atoms with van der Waals surface area (Å²) < 4.78 is 78.1. The van der Waals surface area contributed by atoms with Crippen LogP contribution in [0.15, 0.2) is 84.9 Å². The third-order valence-corrected chi connectivity index (χ3v) is 10.1. The van der Waals surface area contributed by atoms with Gasteiger partial charge >= 0.3 is 20.8 Å². The summed E-state index contributed by atoms with van der Waals surface area (Å²) >= 11 is 14.1. The lowest BCUT2D eigenvalue weighted by Crippen LogP contribution is -2.08. The van der Waals surface area contributed by atoms with E-state index in [9.17, 15) is 25.9 Å². The minimum atomic E-state index is -4.89. The minimum Gasteiger partial charge on any atom is -0.360 e. The van der Waals surface area contributed by atoms with Crippen LogP contribution in [0.2, 0.25) is 10.0 Å². The highest BCUT2D eigenvalue weighted by Crippen LogP contribution is 2.54. The fraction of sp³-hybridized carbons (Fsp3) is 0. The Bertz CT molecular complexity index is 2840. The van der Waals surface area contributed by atoms with Crippen molar-refractivity contribution in [3.8, 4) is 11.5 Å². The molecule has 0 radical (unpaired) electrons. The van der Waals surface area contributed by atoms with Crippen LogP contribution in [0.5, 0.6) is 11.5 Å². The second-order valence-corrected chi connectivity index (χ2v) is 14.0. The molecule has 0 aromatic heterocycles. The van der Waals surface area contributed by atoms with Crippen LogP contribution in [0, 0.1) is 0 Å². The van der Waals surface area contributed by atoms with Gasteiger partial charge in [-0.2, -0.15) is 16.8 Å². The lowest BCUT2D eigenvalue weighted by Gasteiger charge is -2.22. The number of benzene rings is 9. The van der Waals surface area contributed by atoms with Crippen molar-refractivity contribution in [3.63, 3.8) is 0 Å². The second kappa shape index (κ2) is 9.10. The third-order valence-electron chi connectivity index (χ3n) is 8.80. The molecule has 0 heterocycles. The highest BCUT2D eigenvalue weighted by atomic mass is 35.5. The van der Waals surface area contributed by atoms with Gasteiger partial charge in [0.05, 0.1) is 0 Å². The van der Waals surface area contributed by atoms with Crippen molar-refractivity contribution in [3.05, 3.63) is 95.0 Å². The first-order chi connectivity index (χ1) is 21.9. The largest absolute Gasteiger partial charge is 0.446 e. The van der Waals surface area contributed by atoms with E-state index in [1.54, 1.807) is 48.5 Å². The van der Waals surface area contributed by atoms with Gasteiger partial charge in [0.2, 0.25) is 0 Å². The molecule has 2 N–H and O–H groups in total. The van der Waals surface area contributed by atoms with Crippen molar-refractivity contribution in [1.82, 2.24) is 0 Å². The molecule has 9 aromatic rings. The van der Waals surface area contributed by atoms with Gasteiger partial charge in [0.25, 0.3) is 0 Å². The van der Waals surface area contributed by atoms with Crippen molar-refractivity contribution in [2.75, 3.05) is 0 Å². The van der Waals surface area contributed by atoms with Gasteiger partial charge in [-0.25, -0.2) is 0 Å². The van der Waals surface area contributed by atoms with Gasteiger partial charge in [-0.1, -0.05) is 83.9 Å². The lowest BCUT2D eigenvalue weighted by molar-refractivity contribution is 0.387. The maximum atomic E-state index is 12.0. The standard InChI is InChI=1S/C34H16Cl2O8S2/c35-25-13-23-18-10-12-22-32-28(18)24(14-26(36)30(32)16-6-2-4-8-20(16)34(22)44-46(40,41)42)17-9-11-21-31(27(17)23)29(25)15-5-1-3-7-19(15)33(21)43-45(37,38)39/h1-14H,(H,37,38,39)(H,40,41,42). The van der Waals surface area contributed by atoms with Gasteiger partial charge < -0.3 is 8.37 Å². The van der Waals surface area contributed by atoms with E-state index in [-0.39, 0.29) is 11.5 Å². The minimum absolute atomic E-state index is 0.0300. The number of halogens is 2. The molecule has 8 nitrogen and oxygen atoms in total. The summed E-state index contributed by atoms with van der Waals surface area (Å²) in [6.45, 7) is 0. The SMILES string of the molecule is O=S(=O)(O)Oc1c2ccccc2c2c(Cl)cc3c4ccc5c(OS(=O)(=O)O)c6ccccc6c6c(Cl)cc(c7ccc1c2c73)c4c56. The first kappa shape index (κ1) is 27.9. The quantitative estimate of drug-likeness (QED) is 0.106. The predicted octanol–water partition coefficient (Wildman–Crippen LogP) is 9.46. The van der Waals surface area contributed by atoms with Gasteiger partial charge in [-0.15, -0.1) is 0 Å². The molecule has 0 fully saturated rings. The van der Waals surface area contributed by atoms with Crippen molar-refractivity contribution in [2.24, 2.45) is 0 Å². The van der Waals surface area contributed by atoms with Crippen LogP contribution in [-0.4, -0.2) is 25.9 Å². The molecule has 0 saturated carbocycles. The summed E-state index contributed by atoms with van der Waals surface area (Å²) in [5, 5.41) is 11.1. The van der Waals surface area contributed by atoms with E-state index in [1.807, 2.05) is 36.4 Å². The van der Waals surface area contributed by atoms with E-state index < -0.39 is 20.8 Å². The molecule has 0 amide bonds. The van der Waals surface area contributed by atoms with Crippen LogP contribution < -0.4 is 8.37 Å². The Hall–Kier alpha value is -4.42. The fourth-order valence-electron chi connectivity index (χ4n) is 7.32. The third kappa shape index (κ3) is 3.74. The first-order valence-corrected chi connectivity index (χ1v) is 17.3. The summed E-state index contributed by atoms with van der Waals surface area (Å²) in [4.78, 5) is 0. The van der Waals surface area contributed by atoms with E-state index in [2.05, 4.69) is 0 Å². The molecule has 0 unspecified atom stereocenters. The van der Waals surface area contributed by atoms with Gasteiger partial charge in [0, 0.05) is 53.1 Å². The zero-order valence-corrected chi connectivity index (χ0v) is 26.1. The summed E-state index contributed by atoms with van der Waals surface area (Å²) in [5.74, 6) is -0.0599. The molecule has 0 aliphatic heterocycles. The molecule has 9 aromatic carbocycles. The summed E-state index contributed by atoms with van der Waals surface area (Å²) in [7, 11) is -9.77. The Morgan fingerprint density at radius 1 is 0.413 bits per heavy atom. The normalized spacial score (nSPS) is 13.1. The smallest absolute Gasteiger partial charge is 0.360 e. The molecule has 0 bridgehead atoms. The number of fused-ring (bicyclic) bond motifs is 6. The van der Waals surface area contributed by atoms with Gasteiger partial charge in [0.1, 0.15) is 0 Å². The summed E-state index contributed by atoms with van der Waals surface area (Å²) in [6, 6.07) is 24.9. The molecule has 0 aliphatic carbocycles. The van der Waals surface area contributed by atoms with E-state index >= 15 is 0 Å². The highest BCUT2D eigenvalue weighted by Gasteiger charge is 2.27. The van der Waals surface area contributed by atoms with Gasteiger partial charge in [-0.05, 0) is 67.4 Å². The Morgan fingerprint density at radius 2 is 0.739 bits per heavy atom. The molecular formula is C34H16Cl2O8S2. The summed E-state index contributed by atoms with van der Waals surface area (Å²) in [6.07, 6.45) is 0. The maximum absolute atomic E-state index is 12.0. The molecule has 0 aliphatic rings. The Labute approximate surface area is 269 Å². The van der Waals surface area contributed by atoms with E-state index in [1.165, 1.54) is 0 Å². The van der Waals surface area contributed by atoms with Crippen LogP contribution in [0.25, 0.3) is 86.2 Å². The van der Waals surface area contributed by atoms with Crippen LogP contribution in [0.1, 0.15) is 0 Å². The number of hydrogen-bond donors (Lipinski definition) is 2. The summed E-state index contributed by atoms with van der Waals surface area (Å²) in [5.41, 5.74) is 0. The fourth-order valence-corrected chi connectivity index (χ4v) is 8.71. The van der Waals surface area contributed by atoms with Crippen LogP contribution in [0.4, 0.5) is 0 Å². The lowest BCUT2D eigenvalue weighted by atomic mass is 9.83. The number of rotatable bonds is 4. The van der Waals surface area contributed by atoms with Crippen LogP contribution >= 0.6 is 23.2 Å². The molecule has 0 spiro atoms. The van der Waals surface area contributed by atoms with Gasteiger partial charge in [0.15, 0.2) is 11.5 Å². The van der Waals surface area contributed by atoms with E-state index in [4.69, 9.17) is 31.6 Å². The first-order valence-electron chi connectivity index (χ1n) is 13.8. The van der Waals surface area contributed by atoms with E-state index in [0.29, 0.717) is 63.9 Å². The molecule has 9 rings (SSSR count). The topological polar surface area (TPSA) is 127 Å². The molecule has 46 heavy (non-hydrogen) atoms. The Balaban J connectivity index is 1.57.